The van der Waals surface area contributed by atoms with Crippen LogP contribution in [-0.2, 0) is 19.1 Å². The number of carbonyl (C=O) groups is 1. The van der Waals surface area contributed by atoms with E-state index >= 15 is 0 Å². The molecule has 1 amide bonds. The first-order chi connectivity index (χ1) is 18.3. The van der Waals surface area contributed by atoms with E-state index in [4.69, 9.17) is 0 Å². The maximum Gasteiger partial charge on any atom is 0.433 e. The topological polar surface area (TPSA) is 122 Å². The minimum absolute atomic E-state index is 0.0221. The second kappa shape index (κ2) is 11.7. The highest BCUT2D eigenvalue weighted by molar-refractivity contribution is 5.64. The third-order valence-corrected chi connectivity index (χ3v) is 7.13. The van der Waals surface area contributed by atoms with Crippen molar-refractivity contribution in [3.8, 4) is 11.4 Å². The number of piperidine rings is 1. The Morgan fingerprint density at radius 3 is 2.62 bits per heavy atom. The number of benzene rings is 1. The zero-order valence-electron chi connectivity index (χ0n) is 21.1. The van der Waals surface area contributed by atoms with Gasteiger partial charge in [-0.25, -0.2) is 23.5 Å². The second-order valence-corrected chi connectivity index (χ2v) is 10.1. The smallest absolute Gasteiger partial charge is 0.433 e. The molecular formula is C25H30F5N5O4. The molecule has 2 aliphatic rings. The molecule has 39 heavy (non-hydrogen) atoms. The molecule has 4 atom stereocenters. The number of nitrogens with zero attached hydrogens (tertiary/aromatic N) is 4. The number of alkyl halides is 3. The average molecular weight is 560 g/mol. The molecule has 3 heterocycles. The number of aromatic nitrogens is 2. The van der Waals surface area contributed by atoms with E-state index in [9.17, 15) is 42.1 Å². The quantitative estimate of drug-likeness (QED) is 0.382. The van der Waals surface area contributed by atoms with E-state index in [1.807, 2.05) is 6.92 Å². The molecule has 9 nitrogen and oxygen atoms in total. The van der Waals surface area contributed by atoms with Gasteiger partial charge in [-0.1, -0.05) is 6.92 Å². The third kappa shape index (κ3) is 6.99. The van der Waals surface area contributed by atoms with Crippen LogP contribution < -0.4 is 5.32 Å². The van der Waals surface area contributed by atoms with Crippen molar-refractivity contribution in [2.24, 2.45) is 5.92 Å². The lowest BCUT2D eigenvalue weighted by Gasteiger charge is -2.39. The van der Waals surface area contributed by atoms with Gasteiger partial charge < -0.3 is 20.6 Å². The highest BCUT2D eigenvalue weighted by atomic mass is 19.4. The van der Waals surface area contributed by atoms with Crippen molar-refractivity contribution in [1.29, 1.82) is 0 Å². The number of halogens is 5. The Morgan fingerprint density at radius 1 is 1.21 bits per heavy atom. The van der Waals surface area contributed by atoms with Gasteiger partial charge in [-0.2, -0.15) is 13.2 Å². The molecule has 2 unspecified atom stereocenters. The lowest BCUT2D eigenvalue weighted by molar-refractivity contribution is -0.142. The van der Waals surface area contributed by atoms with E-state index in [0.717, 1.165) is 18.6 Å². The molecule has 4 N–H and O–H groups in total. The molecule has 0 saturated carbocycles. The summed E-state index contributed by atoms with van der Waals surface area (Å²) in [6.07, 6.45) is -6.99. The number of nitrogens with one attached hydrogen (secondary N) is 1. The van der Waals surface area contributed by atoms with Gasteiger partial charge in [0, 0.05) is 49.8 Å². The van der Waals surface area contributed by atoms with Crippen LogP contribution >= 0.6 is 0 Å². The van der Waals surface area contributed by atoms with E-state index in [-0.39, 0.29) is 49.3 Å². The van der Waals surface area contributed by atoms with E-state index < -0.39 is 53.9 Å². The molecule has 1 aromatic heterocycles. The van der Waals surface area contributed by atoms with Gasteiger partial charge in [0.15, 0.2) is 23.2 Å². The number of aliphatic hydroxyl groups is 2. The van der Waals surface area contributed by atoms with E-state index in [0.29, 0.717) is 24.9 Å². The second-order valence-electron chi connectivity index (χ2n) is 10.1. The zero-order valence-corrected chi connectivity index (χ0v) is 21.1. The van der Waals surface area contributed by atoms with Crippen LogP contribution in [-0.4, -0.2) is 79.3 Å². The SMILES string of the molecule is C[C@@H]1CCC(O)N(C[C@H](CC(O)N2CCc3c(nc(-c4ccc(F)c(F)c4)nc3C(F)(F)F)C2)NC(=O)O)C1. The average Bonchev–Trinajstić information content (AvgIpc) is 2.85. The maximum atomic E-state index is 13.9. The third-order valence-electron chi connectivity index (χ3n) is 7.13. The standard InChI is InChI=1S/C25H30F5N5O4/c1-13-2-5-20(36)35(10-13)11-15(31-24(38)39)9-21(37)34-7-6-16-19(12-34)32-23(33-22(16)25(28,29)30)14-3-4-17(26)18(27)8-14/h3-4,8,13,15,20-21,31,36-37H,2,5-7,9-12H2,1H3,(H,38,39)/t13-,15+,20?,21?/m1/s1. The Hall–Kier alpha value is -2.94. The molecule has 1 saturated heterocycles. The van der Waals surface area contributed by atoms with Crippen molar-refractivity contribution < 1.29 is 42.1 Å². The number of hydrogen-bond acceptors (Lipinski definition) is 7. The van der Waals surface area contributed by atoms with Gasteiger partial charge in [-0.3, -0.25) is 9.80 Å². The largest absolute Gasteiger partial charge is 0.465 e. The Bertz CT molecular complexity index is 1200. The van der Waals surface area contributed by atoms with E-state index in [2.05, 4.69) is 15.3 Å². The van der Waals surface area contributed by atoms with Crippen molar-refractivity contribution in [2.75, 3.05) is 19.6 Å². The van der Waals surface area contributed by atoms with Crippen molar-refractivity contribution in [3.63, 3.8) is 0 Å². The molecule has 214 valence electrons. The summed E-state index contributed by atoms with van der Waals surface area (Å²) in [7, 11) is 0. The number of aliphatic hydroxyl groups excluding tert-OH is 2. The molecule has 1 aromatic carbocycles. The van der Waals surface area contributed by atoms with Gasteiger partial charge in [0.1, 0.15) is 12.5 Å². The fourth-order valence-electron chi connectivity index (χ4n) is 5.17. The predicted molar refractivity (Wildman–Crippen MR) is 128 cm³/mol. The fourth-order valence-corrected chi connectivity index (χ4v) is 5.17. The van der Waals surface area contributed by atoms with Crippen LogP contribution in [0.1, 0.15) is 43.1 Å². The minimum Gasteiger partial charge on any atom is -0.465 e. The van der Waals surface area contributed by atoms with Crippen molar-refractivity contribution in [1.82, 2.24) is 25.1 Å². The van der Waals surface area contributed by atoms with Crippen LogP contribution in [0.25, 0.3) is 11.4 Å². The molecule has 1 fully saturated rings. The lowest BCUT2D eigenvalue weighted by Crippen LogP contribution is -2.52. The van der Waals surface area contributed by atoms with Gasteiger partial charge in [0.05, 0.1) is 5.69 Å². The summed E-state index contributed by atoms with van der Waals surface area (Å²) in [4.78, 5) is 22.4. The predicted octanol–water partition coefficient (Wildman–Crippen LogP) is 3.19. The number of hydrogen-bond donors (Lipinski definition) is 4. The summed E-state index contributed by atoms with van der Waals surface area (Å²) in [6.45, 7) is 2.52. The van der Waals surface area contributed by atoms with Crippen molar-refractivity contribution in [2.45, 2.75) is 63.8 Å². The summed E-state index contributed by atoms with van der Waals surface area (Å²) in [6, 6.07) is 1.79. The highest BCUT2D eigenvalue weighted by Crippen LogP contribution is 2.36. The van der Waals surface area contributed by atoms with Crippen LogP contribution in [0, 0.1) is 17.6 Å². The Labute approximate surface area is 221 Å². The molecule has 0 radical (unpaired) electrons. The lowest BCUT2D eigenvalue weighted by atomic mass is 9.97. The van der Waals surface area contributed by atoms with Crippen LogP contribution in [0.5, 0.6) is 0 Å². The number of carboxylic acid groups (broad SMARTS) is 1. The minimum atomic E-state index is -4.83. The Kier molecular flexibility index (Phi) is 8.69. The zero-order chi connectivity index (χ0) is 28.5. The molecule has 2 aliphatic heterocycles. The first-order valence-electron chi connectivity index (χ1n) is 12.6. The molecule has 0 bridgehead atoms. The number of likely N-dealkylation sites (tertiary alicyclic amines) is 1. The normalized spacial score (nSPS) is 22.3. The van der Waals surface area contributed by atoms with E-state index in [1.165, 1.54) is 4.90 Å². The van der Waals surface area contributed by atoms with E-state index in [1.54, 1.807) is 4.90 Å². The maximum absolute atomic E-state index is 13.9. The number of amides is 1. The van der Waals surface area contributed by atoms with Crippen LogP contribution in [0.4, 0.5) is 26.7 Å². The van der Waals surface area contributed by atoms with Crippen molar-refractivity contribution >= 4 is 6.09 Å². The molecular weight excluding hydrogens is 529 g/mol. The number of fused-ring (bicyclic) bond motifs is 1. The first-order valence-corrected chi connectivity index (χ1v) is 12.6. The monoisotopic (exact) mass is 559 g/mol. The molecule has 2 aromatic rings. The summed E-state index contributed by atoms with van der Waals surface area (Å²) in [5.41, 5.74) is -1.49. The van der Waals surface area contributed by atoms with Crippen LogP contribution in [0.2, 0.25) is 0 Å². The molecule has 14 heteroatoms. The molecule has 0 spiro atoms. The van der Waals surface area contributed by atoms with Gasteiger partial charge in [0.2, 0.25) is 0 Å². The Balaban J connectivity index is 1.56. The molecule has 0 aliphatic carbocycles. The van der Waals surface area contributed by atoms with Gasteiger partial charge in [-0.15, -0.1) is 0 Å². The van der Waals surface area contributed by atoms with Crippen LogP contribution in [0.3, 0.4) is 0 Å². The number of rotatable bonds is 7. The Morgan fingerprint density at radius 2 is 1.95 bits per heavy atom. The first kappa shape index (κ1) is 29.1. The summed E-state index contributed by atoms with van der Waals surface area (Å²) in [5, 5.41) is 33.0. The van der Waals surface area contributed by atoms with Crippen LogP contribution in [0.15, 0.2) is 18.2 Å². The van der Waals surface area contributed by atoms with Crippen molar-refractivity contribution in [3.05, 3.63) is 46.8 Å². The van der Waals surface area contributed by atoms with Gasteiger partial charge in [-0.05, 0) is 43.4 Å². The summed E-state index contributed by atoms with van der Waals surface area (Å²) < 4.78 is 68.8. The highest BCUT2D eigenvalue weighted by Gasteiger charge is 2.40. The fraction of sp³-hybridized carbons (Fsp3) is 0.560. The van der Waals surface area contributed by atoms with Gasteiger partial charge >= 0.3 is 12.3 Å². The summed E-state index contributed by atoms with van der Waals surface area (Å²) in [5.74, 6) is -2.56. The summed E-state index contributed by atoms with van der Waals surface area (Å²) >= 11 is 0. The van der Waals surface area contributed by atoms with Gasteiger partial charge in [0.25, 0.3) is 0 Å². The molecule has 4 rings (SSSR count).